The maximum atomic E-state index is 13.2. The largest absolute Gasteiger partial charge is 0.325 e. The van der Waals surface area contributed by atoms with E-state index in [1.807, 2.05) is 30.3 Å². The number of halogens is 1. The number of carbonyl (C=O) groups is 1. The lowest BCUT2D eigenvalue weighted by molar-refractivity contribution is -0.113. The van der Waals surface area contributed by atoms with Crippen LogP contribution in [0.3, 0.4) is 0 Å². The predicted octanol–water partition coefficient (Wildman–Crippen LogP) is 4.71. The summed E-state index contributed by atoms with van der Waals surface area (Å²) in [5.74, 6) is -0.0269. The van der Waals surface area contributed by atoms with Crippen LogP contribution in [0.15, 0.2) is 69.4 Å². The third-order valence-corrected chi connectivity index (χ3v) is 7.01. The van der Waals surface area contributed by atoms with E-state index in [0.29, 0.717) is 27.7 Å². The zero-order valence-electron chi connectivity index (χ0n) is 16.3. The van der Waals surface area contributed by atoms with E-state index in [2.05, 4.69) is 12.2 Å². The molecular formula is C22H20ClN3O2S2. The first-order chi connectivity index (χ1) is 14.5. The molecule has 0 saturated carbocycles. The topological polar surface area (TPSA) is 64.0 Å². The third kappa shape index (κ3) is 4.91. The molecule has 0 fully saturated rings. The molecule has 2 aromatic carbocycles. The maximum Gasteiger partial charge on any atom is 0.268 e. The Hall–Kier alpha value is -2.22. The number of hydrogen-bond acceptors (Lipinski definition) is 5. The molecule has 1 amide bonds. The Morgan fingerprint density at radius 2 is 2.07 bits per heavy atom. The number of benzene rings is 2. The van der Waals surface area contributed by atoms with Crippen LogP contribution >= 0.6 is 35.1 Å². The van der Waals surface area contributed by atoms with Gasteiger partial charge in [0, 0.05) is 22.4 Å². The summed E-state index contributed by atoms with van der Waals surface area (Å²) in [4.78, 5) is 31.1. The van der Waals surface area contributed by atoms with E-state index in [4.69, 9.17) is 16.6 Å². The molecule has 30 heavy (non-hydrogen) atoms. The van der Waals surface area contributed by atoms with Crippen molar-refractivity contribution < 1.29 is 4.79 Å². The number of nitrogens with one attached hydrogen (secondary N) is 1. The van der Waals surface area contributed by atoms with Crippen LogP contribution in [0.1, 0.15) is 18.2 Å². The minimum absolute atomic E-state index is 0.0315. The molecular weight excluding hydrogens is 438 g/mol. The van der Waals surface area contributed by atoms with Crippen molar-refractivity contribution in [3.63, 3.8) is 0 Å². The molecule has 1 N–H and O–H groups in total. The van der Waals surface area contributed by atoms with Crippen LogP contribution in [-0.4, -0.2) is 26.5 Å². The second-order valence-corrected chi connectivity index (χ2v) is 9.85. The summed E-state index contributed by atoms with van der Waals surface area (Å²) in [7, 11) is 0. The number of rotatable bonds is 6. The Balaban J connectivity index is 1.57. The number of hydrogen-bond donors (Lipinski definition) is 1. The SMILES string of the molecule is C[C@@H]1Cc2nc(SCC(=O)Nc3cccc(Cl)c3)n(Cc3ccccc3)c(=O)c2S1. The lowest BCUT2D eigenvalue weighted by Gasteiger charge is -2.14. The first kappa shape index (κ1) is 21.0. The summed E-state index contributed by atoms with van der Waals surface area (Å²) in [6.07, 6.45) is 0.768. The summed E-state index contributed by atoms with van der Waals surface area (Å²) < 4.78 is 1.68. The standard InChI is InChI=1S/C22H20ClN3O2S2/c1-14-10-18-20(30-14)21(28)26(12-15-6-3-2-4-7-15)22(25-18)29-13-19(27)24-17-9-5-8-16(23)11-17/h2-9,11,14H,10,12-13H2,1H3,(H,24,27)/t14-/m1/s1. The van der Waals surface area contributed by atoms with E-state index >= 15 is 0 Å². The summed E-state index contributed by atoms with van der Waals surface area (Å²) in [5, 5.41) is 4.29. The lowest BCUT2D eigenvalue weighted by Crippen LogP contribution is -2.26. The van der Waals surface area contributed by atoms with Crippen LogP contribution < -0.4 is 10.9 Å². The third-order valence-electron chi connectivity index (χ3n) is 4.59. The molecule has 0 radical (unpaired) electrons. The molecule has 4 rings (SSSR count). The molecule has 0 bridgehead atoms. The molecule has 1 aliphatic rings. The van der Waals surface area contributed by atoms with Gasteiger partial charge in [-0.25, -0.2) is 4.98 Å². The molecule has 0 saturated heterocycles. The fourth-order valence-electron chi connectivity index (χ4n) is 3.24. The van der Waals surface area contributed by atoms with Gasteiger partial charge in [-0.3, -0.25) is 14.2 Å². The van der Waals surface area contributed by atoms with E-state index in [-0.39, 0.29) is 17.2 Å². The summed E-state index contributed by atoms with van der Waals surface area (Å²) in [6, 6.07) is 16.8. The fraction of sp³-hybridized carbons (Fsp3) is 0.227. The van der Waals surface area contributed by atoms with Gasteiger partial charge in [0.2, 0.25) is 5.91 Å². The van der Waals surface area contributed by atoms with Gasteiger partial charge in [-0.15, -0.1) is 11.8 Å². The van der Waals surface area contributed by atoms with Gasteiger partial charge in [0.05, 0.1) is 22.9 Å². The number of aromatic nitrogens is 2. The van der Waals surface area contributed by atoms with Gasteiger partial charge < -0.3 is 5.32 Å². The Labute approximate surface area is 188 Å². The van der Waals surface area contributed by atoms with Gasteiger partial charge in [0.1, 0.15) is 0 Å². The van der Waals surface area contributed by atoms with Crippen molar-refractivity contribution in [2.24, 2.45) is 0 Å². The van der Waals surface area contributed by atoms with Crippen molar-refractivity contribution >= 4 is 46.7 Å². The van der Waals surface area contributed by atoms with Crippen LogP contribution in [0.5, 0.6) is 0 Å². The molecule has 0 spiro atoms. The quantitative estimate of drug-likeness (QED) is 0.429. The normalized spacial score (nSPS) is 15.1. The first-order valence-corrected chi connectivity index (χ1v) is 11.8. The first-order valence-electron chi connectivity index (χ1n) is 9.52. The van der Waals surface area contributed by atoms with Crippen LogP contribution in [0, 0.1) is 0 Å². The molecule has 3 aromatic rings. The zero-order chi connectivity index (χ0) is 21.1. The van der Waals surface area contributed by atoms with E-state index in [0.717, 1.165) is 22.6 Å². The molecule has 1 aromatic heterocycles. The highest BCUT2D eigenvalue weighted by Gasteiger charge is 2.26. The van der Waals surface area contributed by atoms with E-state index in [9.17, 15) is 9.59 Å². The van der Waals surface area contributed by atoms with Crippen LogP contribution in [0.2, 0.25) is 5.02 Å². The van der Waals surface area contributed by atoms with Gasteiger partial charge in [-0.2, -0.15) is 0 Å². The van der Waals surface area contributed by atoms with Gasteiger partial charge in [0.15, 0.2) is 5.16 Å². The second-order valence-electron chi connectivity index (χ2n) is 7.03. The number of anilines is 1. The molecule has 1 aliphatic heterocycles. The van der Waals surface area contributed by atoms with Crippen LogP contribution in [0.25, 0.3) is 0 Å². The number of nitrogens with zero attached hydrogens (tertiary/aromatic N) is 2. The second kappa shape index (κ2) is 9.29. The van der Waals surface area contributed by atoms with Crippen LogP contribution in [-0.2, 0) is 17.8 Å². The zero-order valence-corrected chi connectivity index (χ0v) is 18.7. The van der Waals surface area contributed by atoms with Gasteiger partial charge in [-0.05, 0) is 23.8 Å². The molecule has 1 atom stereocenters. The fourth-order valence-corrected chi connectivity index (χ4v) is 5.36. The highest BCUT2D eigenvalue weighted by atomic mass is 35.5. The number of amides is 1. The Morgan fingerprint density at radius 3 is 2.83 bits per heavy atom. The maximum absolute atomic E-state index is 13.2. The summed E-state index contributed by atoms with van der Waals surface area (Å²) in [5.41, 5.74) is 2.46. The van der Waals surface area contributed by atoms with Gasteiger partial charge in [-0.1, -0.05) is 66.7 Å². The Kier molecular flexibility index (Phi) is 6.51. The summed E-state index contributed by atoms with van der Waals surface area (Å²) >= 11 is 8.83. The molecule has 0 unspecified atom stereocenters. The average molecular weight is 458 g/mol. The van der Waals surface area contributed by atoms with Crippen molar-refractivity contribution in [3.05, 3.63) is 81.2 Å². The van der Waals surface area contributed by atoms with Crippen molar-refractivity contribution in [3.8, 4) is 0 Å². The number of fused-ring (bicyclic) bond motifs is 1. The molecule has 154 valence electrons. The smallest absolute Gasteiger partial charge is 0.268 e. The number of carbonyl (C=O) groups excluding carboxylic acids is 1. The Morgan fingerprint density at radius 1 is 1.27 bits per heavy atom. The summed E-state index contributed by atoms with van der Waals surface area (Å²) in [6.45, 7) is 2.52. The monoisotopic (exact) mass is 457 g/mol. The van der Waals surface area contributed by atoms with Gasteiger partial charge in [0.25, 0.3) is 5.56 Å². The average Bonchev–Trinajstić information content (AvgIpc) is 3.10. The minimum atomic E-state index is -0.175. The number of thioether (sulfide) groups is 2. The van der Waals surface area contributed by atoms with Crippen molar-refractivity contribution in [2.75, 3.05) is 11.1 Å². The molecule has 5 nitrogen and oxygen atoms in total. The van der Waals surface area contributed by atoms with Crippen molar-refractivity contribution in [1.82, 2.24) is 9.55 Å². The highest BCUT2D eigenvalue weighted by molar-refractivity contribution is 8.00. The lowest BCUT2D eigenvalue weighted by atomic mass is 10.2. The molecule has 0 aliphatic carbocycles. The predicted molar refractivity (Wildman–Crippen MR) is 124 cm³/mol. The van der Waals surface area contributed by atoms with E-state index < -0.39 is 0 Å². The van der Waals surface area contributed by atoms with Crippen molar-refractivity contribution in [1.29, 1.82) is 0 Å². The highest BCUT2D eigenvalue weighted by Crippen LogP contribution is 2.34. The Bertz CT molecular complexity index is 1130. The minimum Gasteiger partial charge on any atom is -0.325 e. The van der Waals surface area contributed by atoms with Gasteiger partial charge >= 0.3 is 0 Å². The van der Waals surface area contributed by atoms with Crippen LogP contribution in [0.4, 0.5) is 5.69 Å². The van der Waals surface area contributed by atoms with Crippen molar-refractivity contribution in [2.45, 2.75) is 35.2 Å². The van der Waals surface area contributed by atoms with E-state index in [1.54, 1.807) is 40.6 Å². The molecule has 2 heterocycles. The van der Waals surface area contributed by atoms with E-state index in [1.165, 1.54) is 11.8 Å². The molecule has 8 heteroatoms.